The molecule has 1 aromatic carbocycles. The molecule has 0 aromatic heterocycles. The first-order valence-corrected chi connectivity index (χ1v) is 7.03. The lowest BCUT2D eigenvalue weighted by Gasteiger charge is -2.29. The summed E-state index contributed by atoms with van der Waals surface area (Å²) in [5, 5.41) is 0. The van der Waals surface area contributed by atoms with Gasteiger partial charge in [-0.2, -0.15) is 13.2 Å². The summed E-state index contributed by atoms with van der Waals surface area (Å²) >= 11 is 0. The predicted molar refractivity (Wildman–Crippen MR) is 69.5 cm³/mol. The van der Waals surface area contributed by atoms with Gasteiger partial charge in [-0.1, -0.05) is 19.1 Å². The van der Waals surface area contributed by atoms with E-state index in [1.807, 2.05) is 6.07 Å². The van der Waals surface area contributed by atoms with E-state index < -0.39 is 11.7 Å². The van der Waals surface area contributed by atoms with Crippen molar-refractivity contribution in [1.29, 1.82) is 0 Å². The van der Waals surface area contributed by atoms with Gasteiger partial charge in [-0.15, -0.1) is 0 Å². The van der Waals surface area contributed by atoms with Gasteiger partial charge in [0.25, 0.3) is 0 Å². The quantitative estimate of drug-likeness (QED) is 0.825. The van der Waals surface area contributed by atoms with Gasteiger partial charge in [-0.05, 0) is 30.2 Å². The van der Waals surface area contributed by atoms with Crippen LogP contribution in [-0.2, 0) is 17.5 Å². The van der Waals surface area contributed by atoms with E-state index >= 15 is 0 Å². The molecular formula is C15H18F3NO. The molecule has 2 atom stereocenters. The fraction of sp³-hybridized carbons (Fsp3) is 0.600. The Hall–Kier alpha value is -1.07. The minimum absolute atomic E-state index is 0.0394. The fourth-order valence-electron chi connectivity index (χ4n) is 3.39. The zero-order valence-corrected chi connectivity index (χ0v) is 11.4. The zero-order valence-electron chi connectivity index (χ0n) is 11.4. The molecule has 5 heteroatoms. The molecule has 2 aliphatic heterocycles. The molecule has 0 radical (unpaired) electrons. The van der Waals surface area contributed by atoms with Crippen molar-refractivity contribution in [2.45, 2.75) is 38.1 Å². The Morgan fingerprint density at radius 1 is 1.30 bits per heavy atom. The minimum atomic E-state index is -4.30. The van der Waals surface area contributed by atoms with Gasteiger partial charge in [0.2, 0.25) is 0 Å². The van der Waals surface area contributed by atoms with Gasteiger partial charge in [-0.25, -0.2) is 0 Å². The molecule has 20 heavy (non-hydrogen) atoms. The van der Waals surface area contributed by atoms with Crippen LogP contribution in [-0.4, -0.2) is 30.6 Å². The molecule has 2 nitrogen and oxygen atoms in total. The molecule has 0 amide bonds. The Balaban J connectivity index is 1.94. The lowest BCUT2D eigenvalue weighted by atomic mass is 9.87. The van der Waals surface area contributed by atoms with Crippen LogP contribution in [0.5, 0.6) is 0 Å². The summed E-state index contributed by atoms with van der Waals surface area (Å²) in [4.78, 5) is 2.28. The molecule has 110 valence electrons. The van der Waals surface area contributed by atoms with Crippen LogP contribution in [0.25, 0.3) is 0 Å². The number of halogens is 3. The normalized spacial score (nSPS) is 26.4. The Morgan fingerprint density at radius 3 is 2.80 bits per heavy atom. The third-order valence-electron chi connectivity index (χ3n) is 4.24. The van der Waals surface area contributed by atoms with Gasteiger partial charge in [0, 0.05) is 19.0 Å². The summed E-state index contributed by atoms with van der Waals surface area (Å²) in [7, 11) is 0. The Kier molecular flexibility index (Phi) is 3.50. The number of fused-ring (bicyclic) bond motifs is 3. The molecule has 1 saturated heterocycles. The maximum atomic E-state index is 13.1. The number of likely N-dealkylation sites (tertiary alicyclic amines) is 1. The van der Waals surface area contributed by atoms with Crippen molar-refractivity contribution in [3.05, 3.63) is 34.9 Å². The van der Waals surface area contributed by atoms with Gasteiger partial charge in [-0.3, -0.25) is 0 Å². The van der Waals surface area contributed by atoms with E-state index in [0.717, 1.165) is 37.7 Å². The highest BCUT2D eigenvalue weighted by molar-refractivity contribution is 5.41. The Morgan fingerprint density at radius 2 is 2.10 bits per heavy atom. The molecule has 1 aromatic rings. The number of benzene rings is 1. The minimum Gasteiger partial charge on any atom is -0.371 e. The van der Waals surface area contributed by atoms with Gasteiger partial charge in [0.1, 0.15) is 0 Å². The third-order valence-corrected chi connectivity index (χ3v) is 4.24. The largest absolute Gasteiger partial charge is 0.416 e. The number of ether oxygens (including phenoxy) is 1. The van der Waals surface area contributed by atoms with Crippen molar-refractivity contribution >= 4 is 0 Å². The second-order valence-electron chi connectivity index (χ2n) is 5.59. The summed E-state index contributed by atoms with van der Waals surface area (Å²) < 4.78 is 44.9. The van der Waals surface area contributed by atoms with E-state index in [2.05, 4.69) is 11.8 Å². The van der Waals surface area contributed by atoms with Crippen molar-refractivity contribution in [3.8, 4) is 0 Å². The summed E-state index contributed by atoms with van der Waals surface area (Å²) in [6.07, 6.45) is -3.21. The monoisotopic (exact) mass is 285 g/mol. The van der Waals surface area contributed by atoms with Crippen molar-refractivity contribution in [3.63, 3.8) is 0 Å². The number of alkyl halides is 3. The summed E-state index contributed by atoms with van der Waals surface area (Å²) in [6.45, 7) is 4.79. The Bertz CT molecular complexity index is 500. The van der Waals surface area contributed by atoms with E-state index in [-0.39, 0.29) is 18.6 Å². The van der Waals surface area contributed by atoms with Crippen molar-refractivity contribution in [2.24, 2.45) is 0 Å². The molecule has 0 spiro atoms. The van der Waals surface area contributed by atoms with Crippen molar-refractivity contribution in [1.82, 2.24) is 4.90 Å². The van der Waals surface area contributed by atoms with E-state index in [9.17, 15) is 13.2 Å². The lowest BCUT2D eigenvalue weighted by Crippen LogP contribution is -2.29. The topological polar surface area (TPSA) is 12.5 Å². The van der Waals surface area contributed by atoms with Crippen molar-refractivity contribution in [2.75, 3.05) is 19.6 Å². The first-order valence-electron chi connectivity index (χ1n) is 7.03. The van der Waals surface area contributed by atoms with Crippen LogP contribution >= 0.6 is 0 Å². The molecule has 1 fully saturated rings. The van der Waals surface area contributed by atoms with Crippen LogP contribution in [0, 0.1) is 0 Å². The average molecular weight is 285 g/mol. The van der Waals surface area contributed by atoms with Gasteiger partial charge < -0.3 is 9.64 Å². The summed E-state index contributed by atoms with van der Waals surface area (Å²) in [6, 6.07) is 4.51. The maximum Gasteiger partial charge on any atom is 0.416 e. The molecule has 0 bridgehead atoms. The summed E-state index contributed by atoms with van der Waals surface area (Å²) in [5.74, 6) is 0.0765. The molecule has 0 aliphatic carbocycles. The number of hydrogen-bond acceptors (Lipinski definition) is 2. The highest BCUT2D eigenvalue weighted by Gasteiger charge is 2.42. The second-order valence-corrected chi connectivity index (χ2v) is 5.59. The van der Waals surface area contributed by atoms with E-state index in [1.165, 1.54) is 6.07 Å². The van der Waals surface area contributed by atoms with E-state index in [0.29, 0.717) is 5.56 Å². The first kappa shape index (κ1) is 13.9. The predicted octanol–water partition coefficient (Wildman–Crippen LogP) is 3.41. The number of hydrogen-bond donors (Lipinski definition) is 0. The van der Waals surface area contributed by atoms with Crippen LogP contribution < -0.4 is 0 Å². The van der Waals surface area contributed by atoms with E-state index in [4.69, 9.17) is 4.74 Å². The molecule has 3 rings (SSSR count). The highest BCUT2D eigenvalue weighted by atomic mass is 19.4. The highest BCUT2D eigenvalue weighted by Crippen LogP contribution is 2.42. The van der Waals surface area contributed by atoms with Crippen LogP contribution in [0.1, 0.15) is 36.0 Å². The Labute approximate surface area is 116 Å². The van der Waals surface area contributed by atoms with E-state index in [1.54, 1.807) is 0 Å². The lowest BCUT2D eigenvalue weighted by molar-refractivity contribution is -0.139. The van der Waals surface area contributed by atoms with Crippen LogP contribution in [0.4, 0.5) is 13.2 Å². The van der Waals surface area contributed by atoms with Gasteiger partial charge in [0.15, 0.2) is 0 Å². The first-order chi connectivity index (χ1) is 9.50. The van der Waals surface area contributed by atoms with Crippen LogP contribution in [0.2, 0.25) is 0 Å². The van der Waals surface area contributed by atoms with Gasteiger partial charge >= 0.3 is 6.18 Å². The maximum absolute atomic E-state index is 13.1. The third kappa shape index (κ3) is 2.33. The van der Waals surface area contributed by atoms with Gasteiger partial charge in [0.05, 0.1) is 18.3 Å². The molecule has 0 N–H and O–H groups in total. The van der Waals surface area contributed by atoms with Crippen molar-refractivity contribution < 1.29 is 17.9 Å². The molecule has 0 saturated carbocycles. The molecule has 2 heterocycles. The van der Waals surface area contributed by atoms with Crippen LogP contribution in [0.3, 0.4) is 0 Å². The zero-order chi connectivity index (χ0) is 14.3. The molecule has 2 aliphatic rings. The second kappa shape index (κ2) is 5.04. The number of rotatable bonds is 2. The smallest absolute Gasteiger partial charge is 0.371 e. The van der Waals surface area contributed by atoms with Crippen LogP contribution in [0.15, 0.2) is 18.2 Å². The SMILES string of the molecule is CCCN1C[C@@H]2c3cccc(C(F)(F)F)c3CO[C@@H]2C1. The summed E-state index contributed by atoms with van der Waals surface area (Å²) in [5.41, 5.74) is 0.622. The number of nitrogens with zero attached hydrogens (tertiary/aromatic N) is 1. The average Bonchev–Trinajstić information content (AvgIpc) is 2.80. The standard InChI is InChI=1S/C15H18F3NO/c1-2-6-19-7-11-10-4-3-5-13(15(16,17)18)12(10)9-20-14(11)8-19/h3-5,11,14H,2,6-9H2,1H3/t11-,14-/m1/s1. The molecular weight excluding hydrogens is 267 g/mol. The molecule has 0 unspecified atom stereocenters. The fourth-order valence-corrected chi connectivity index (χ4v) is 3.39.